The topological polar surface area (TPSA) is 75.1 Å². The second-order valence-electron chi connectivity index (χ2n) is 5.11. The van der Waals surface area contributed by atoms with Gasteiger partial charge in [0, 0.05) is 6.54 Å². The van der Waals surface area contributed by atoms with Crippen LogP contribution >= 0.6 is 11.5 Å². The van der Waals surface area contributed by atoms with Crippen molar-refractivity contribution < 1.29 is 9.90 Å². The zero-order chi connectivity index (χ0) is 13.1. The molecule has 17 heavy (non-hydrogen) atoms. The summed E-state index contributed by atoms with van der Waals surface area (Å²) in [5, 5.41) is 16.3. The average Bonchev–Trinajstić information content (AvgIpc) is 2.62. The highest BCUT2D eigenvalue weighted by atomic mass is 32.1. The fourth-order valence-electron chi connectivity index (χ4n) is 1.28. The number of aromatic nitrogens is 2. The molecular formula is C11H19N3O2S. The molecule has 6 heteroatoms. The molecule has 1 atom stereocenters. The van der Waals surface area contributed by atoms with Gasteiger partial charge in [0.05, 0.1) is 11.8 Å². The van der Waals surface area contributed by atoms with Crippen LogP contribution in [-0.2, 0) is 0 Å². The third-order valence-electron chi connectivity index (χ3n) is 2.56. The summed E-state index contributed by atoms with van der Waals surface area (Å²) in [6.07, 6.45) is 0.115. The first-order valence-corrected chi connectivity index (χ1v) is 6.35. The van der Waals surface area contributed by atoms with Crippen LogP contribution in [0.3, 0.4) is 0 Å². The first-order chi connectivity index (χ1) is 7.82. The Morgan fingerprint density at radius 3 is 2.65 bits per heavy atom. The standard InChI is InChI=1S/C11H19N3O2S/c1-7-9(17-14-13-7)10(16)12-6-5-8(15)11(2,3)4/h8,15H,5-6H2,1-4H3,(H,12,16). The number of aliphatic hydroxyl groups excluding tert-OH is 1. The minimum absolute atomic E-state index is 0.160. The maximum Gasteiger partial charge on any atom is 0.264 e. The smallest absolute Gasteiger partial charge is 0.264 e. The third-order valence-corrected chi connectivity index (χ3v) is 3.39. The number of nitrogens with one attached hydrogen (secondary N) is 1. The lowest BCUT2D eigenvalue weighted by atomic mass is 9.87. The van der Waals surface area contributed by atoms with Gasteiger partial charge in [-0.2, -0.15) is 0 Å². The van der Waals surface area contributed by atoms with Crippen LogP contribution in [0, 0.1) is 12.3 Å². The van der Waals surface area contributed by atoms with E-state index in [2.05, 4.69) is 14.9 Å². The Hall–Kier alpha value is -1.01. The second-order valence-corrected chi connectivity index (χ2v) is 5.87. The molecule has 1 unspecified atom stereocenters. The lowest BCUT2D eigenvalue weighted by Crippen LogP contribution is -2.32. The normalized spacial score (nSPS) is 13.5. The summed E-state index contributed by atoms with van der Waals surface area (Å²) in [6.45, 7) is 8.11. The lowest BCUT2D eigenvalue weighted by Gasteiger charge is -2.25. The summed E-state index contributed by atoms with van der Waals surface area (Å²) in [4.78, 5) is 12.2. The number of rotatable bonds is 4. The molecule has 1 aromatic rings. The van der Waals surface area contributed by atoms with E-state index in [4.69, 9.17) is 0 Å². The summed E-state index contributed by atoms with van der Waals surface area (Å²) in [5.41, 5.74) is 0.482. The van der Waals surface area contributed by atoms with Gasteiger partial charge in [-0.05, 0) is 30.3 Å². The van der Waals surface area contributed by atoms with Crippen LogP contribution in [0.25, 0.3) is 0 Å². The second kappa shape index (κ2) is 5.55. The number of carbonyl (C=O) groups is 1. The first kappa shape index (κ1) is 14.1. The van der Waals surface area contributed by atoms with Gasteiger partial charge in [-0.25, -0.2) is 0 Å². The Bertz CT molecular complexity index is 384. The van der Waals surface area contributed by atoms with Gasteiger partial charge in [-0.1, -0.05) is 25.3 Å². The van der Waals surface area contributed by atoms with E-state index in [0.29, 0.717) is 23.5 Å². The molecule has 96 valence electrons. The summed E-state index contributed by atoms with van der Waals surface area (Å²) in [6, 6.07) is 0. The van der Waals surface area contributed by atoms with E-state index < -0.39 is 6.10 Å². The maximum absolute atomic E-state index is 11.7. The molecule has 0 spiro atoms. The van der Waals surface area contributed by atoms with Crippen molar-refractivity contribution in [2.24, 2.45) is 5.41 Å². The fraction of sp³-hybridized carbons (Fsp3) is 0.727. The van der Waals surface area contributed by atoms with Crippen molar-refractivity contribution in [2.75, 3.05) is 6.54 Å². The van der Waals surface area contributed by atoms with Gasteiger partial charge in [0.25, 0.3) is 5.91 Å². The summed E-state index contributed by atoms with van der Waals surface area (Å²) < 4.78 is 3.71. The number of hydrogen-bond acceptors (Lipinski definition) is 5. The molecule has 2 N–H and O–H groups in total. The minimum Gasteiger partial charge on any atom is -0.393 e. The quantitative estimate of drug-likeness (QED) is 0.854. The van der Waals surface area contributed by atoms with Crippen molar-refractivity contribution in [3.63, 3.8) is 0 Å². The average molecular weight is 257 g/mol. The van der Waals surface area contributed by atoms with E-state index in [1.165, 1.54) is 0 Å². The molecule has 0 fully saturated rings. The van der Waals surface area contributed by atoms with Crippen molar-refractivity contribution in [1.82, 2.24) is 14.9 Å². The van der Waals surface area contributed by atoms with Gasteiger partial charge >= 0.3 is 0 Å². The number of carbonyl (C=O) groups excluding carboxylic acids is 1. The number of nitrogens with zero attached hydrogens (tertiary/aromatic N) is 2. The maximum atomic E-state index is 11.7. The van der Waals surface area contributed by atoms with Crippen molar-refractivity contribution in [3.05, 3.63) is 10.6 Å². The Morgan fingerprint density at radius 1 is 1.53 bits per heavy atom. The summed E-state index contributed by atoms with van der Waals surface area (Å²) >= 11 is 1.09. The number of aliphatic hydroxyl groups is 1. The van der Waals surface area contributed by atoms with Gasteiger partial charge in [-0.15, -0.1) is 5.10 Å². The van der Waals surface area contributed by atoms with Crippen LogP contribution in [0.4, 0.5) is 0 Å². The van der Waals surface area contributed by atoms with Crippen LogP contribution in [-0.4, -0.2) is 33.2 Å². The van der Waals surface area contributed by atoms with Crippen LogP contribution in [0.2, 0.25) is 0 Å². The van der Waals surface area contributed by atoms with E-state index in [0.717, 1.165) is 11.5 Å². The number of hydrogen-bond donors (Lipinski definition) is 2. The van der Waals surface area contributed by atoms with Crippen molar-refractivity contribution in [1.29, 1.82) is 0 Å². The number of aryl methyl sites for hydroxylation is 1. The monoisotopic (exact) mass is 257 g/mol. The third kappa shape index (κ3) is 4.05. The Kier molecular flexibility index (Phi) is 4.59. The highest BCUT2D eigenvalue weighted by Crippen LogP contribution is 2.21. The SMILES string of the molecule is Cc1nnsc1C(=O)NCCC(O)C(C)(C)C. The first-order valence-electron chi connectivity index (χ1n) is 5.57. The summed E-state index contributed by atoms with van der Waals surface area (Å²) in [7, 11) is 0. The molecule has 0 aliphatic carbocycles. The molecule has 0 aliphatic heterocycles. The van der Waals surface area contributed by atoms with Gasteiger partial charge < -0.3 is 10.4 Å². The van der Waals surface area contributed by atoms with Crippen LogP contribution < -0.4 is 5.32 Å². The molecule has 1 heterocycles. The molecule has 0 aliphatic rings. The van der Waals surface area contributed by atoms with E-state index in [1.807, 2.05) is 20.8 Å². The Morgan fingerprint density at radius 2 is 2.18 bits per heavy atom. The van der Waals surface area contributed by atoms with E-state index in [1.54, 1.807) is 6.92 Å². The number of amides is 1. The highest BCUT2D eigenvalue weighted by Gasteiger charge is 2.22. The highest BCUT2D eigenvalue weighted by molar-refractivity contribution is 7.07. The van der Waals surface area contributed by atoms with Gasteiger partial charge in [0.1, 0.15) is 4.88 Å². The largest absolute Gasteiger partial charge is 0.393 e. The van der Waals surface area contributed by atoms with E-state index >= 15 is 0 Å². The van der Waals surface area contributed by atoms with Crippen LogP contribution in [0.5, 0.6) is 0 Å². The molecule has 0 radical (unpaired) electrons. The van der Waals surface area contributed by atoms with Gasteiger partial charge in [0.2, 0.25) is 0 Å². The minimum atomic E-state index is -0.427. The molecule has 0 aromatic carbocycles. The predicted octanol–water partition coefficient (Wildman–Crippen LogP) is 1.37. The fourth-order valence-corrected chi connectivity index (χ4v) is 1.85. The van der Waals surface area contributed by atoms with E-state index in [9.17, 15) is 9.90 Å². The molecule has 5 nitrogen and oxygen atoms in total. The molecular weight excluding hydrogens is 238 g/mol. The molecule has 1 aromatic heterocycles. The Labute approximate surface area is 105 Å². The molecule has 0 saturated heterocycles. The van der Waals surface area contributed by atoms with Crippen LogP contribution in [0.15, 0.2) is 0 Å². The van der Waals surface area contributed by atoms with E-state index in [-0.39, 0.29) is 11.3 Å². The summed E-state index contributed by atoms with van der Waals surface area (Å²) in [5.74, 6) is -0.168. The molecule has 1 rings (SSSR count). The predicted molar refractivity (Wildman–Crippen MR) is 67.1 cm³/mol. The zero-order valence-corrected chi connectivity index (χ0v) is 11.5. The molecule has 0 saturated carbocycles. The lowest BCUT2D eigenvalue weighted by molar-refractivity contribution is 0.0551. The molecule has 0 bridgehead atoms. The van der Waals surface area contributed by atoms with Crippen molar-refractivity contribution >= 4 is 17.4 Å². The van der Waals surface area contributed by atoms with Gasteiger partial charge in [0.15, 0.2) is 0 Å². The van der Waals surface area contributed by atoms with Crippen molar-refractivity contribution in [2.45, 2.75) is 40.2 Å². The zero-order valence-electron chi connectivity index (χ0n) is 10.6. The van der Waals surface area contributed by atoms with Gasteiger partial charge in [-0.3, -0.25) is 4.79 Å². The van der Waals surface area contributed by atoms with Crippen molar-refractivity contribution in [3.8, 4) is 0 Å². The molecule has 1 amide bonds. The Balaban J connectivity index is 2.38. The van der Waals surface area contributed by atoms with Crippen LogP contribution in [0.1, 0.15) is 42.6 Å².